The van der Waals surface area contributed by atoms with Gasteiger partial charge < -0.3 is 42.6 Å². The van der Waals surface area contributed by atoms with Gasteiger partial charge in [0.1, 0.15) is 16.8 Å². The van der Waals surface area contributed by atoms with Crippen LogP contribution in [0.25, 0.3) is 0 Å². The highest BCUT2D eigenvalue weighted by Crippen LogP contribution is 2.71. The van der Waals surface area contributed by atoms with Crippen LogP contribution in [-0.2, 0) is 71.4 Å². The lowest BCUT2D eigenvalue weighted by Crippen LogP contribution is -2.63. The summed E-state index contributed by atoms with van der Waals surface area (Å²) in [5.41, 5.74) is -1.80. The fourth-order valence-electron chi connectivity index (χ4n) is 29.4. The molecule has 15 heteroatoms. The summed E-state index contributed by atoms with van der Waals surface area (Å²) in [4.78, 5) is 72.8. The van der Waals surface area contributed by atoms with E-state index < -0.39 is 23.4 Å². The van der Waals surface area contributed by atoms with E-state index in [1.807, 2.05) is 132 Å². The van der Waals surface area contributed by atoms with Crippen LogP contribution in [0.15, 0.2) is 0 Å². The molecule has 0 heterocycles. The van der Waals surface area contributed by atoms with Crippen LogP contribution in [0.3, 0.4) is 0 Å². The third-order valence-electron chi connectivity index (χ3n) is 37.2. The largest absolute Gasteiger partial charge is 0.459 e. The average molecular weight is 1820 g/mol. The Morgan fingerprint density at radius 2 is 0.589 bits per heavy atom. The van der Waals surface area contributed by atoms with Gasteiger partial charge in [-0.05, 0) is 435 Å². The summed E-state index contributed by atoms with van der Waals surface area (Å²) in [6, 6.07) is 0. The highest BCUT2D eigenvalue weighted by Gasteiger charge is 2.67. The molecule has 20 unspecified atom stereocenters. The van der Waals surface area contributed by atoms with E-state index in [4.69, 9.17) is 42.6 Å². The van der Waals surface area contributed by atoms with Crippen molar-refractivity contribution in [2.45, 2.75) is 507 Å². The molecule has 0 aromatic heterocycles. The van der Waals surface area contributed by atoms with Gasteiger partial charge in [-0.3, -0.25) is 28.8 Å². The molecule has 20 aliphatic rings. The molecular weight excluding hydrogens is 1610 g/mol. The van der Waals surface area contributed by atoms with Crippen LogP contribution >= 0.6 is 0 Å². The predicted octanol–water partition coefficient (Wildman–Crippen LogP) is 30.9. The molecule has 20 atom stereocenters. The molecule has 15 nitrogen and oxygen atoms in total. The summed E-state index contributed by atoms with van der Waals surface area (Å²) in [5.74, 6) is 21.2. The van der Waals surface area contributed by atoms with Crippen LogP contribution in [0.2, 0.25) is 0 Å². The number of fused-ring (bicyclic) bond motifs is 18. The number of ether oxygens (including phenoxy) is 9. The van der Waals surface area contributed by atoms with Gasteiger partial charge in [0.15, 0.2) is 18.9 Å². The third kappa shape index (κ3) is 25.8. The SMILES string of the molecule is C.C.C.C.C.C.C.C.C.C.CCC(C)(C)C(=O)OC(C)OC1C2CC3CC(C2)CC1C3.CCC(C)(C)C(=O)OC(C)OC1CC2CC1C1C3CCC(C3)C21.CCC(C)(C)C(=O)OC1(C(C)C)C2CC3CC(C2)CC1C3.CCC(C)C(=O)OC(C)(C)CC.CCC(C)C(=O)OC(C)OC1CC2CC1C1C3CCC(C3)C21.CCC(C)C(=O)OC1(C(C)C)C2CC3CC(C2)CC1C3. The molecule has 20 rings (SSSR count). The van der Waals surface area contributed by atoms with Crippen LogP contribution < -0.4 is 0 Å². The van der Waals surface area contributed by atoms with E-state index >= 15 is 0 Å². The van der Waals surface area contributed by atoms with Gasteiger partial charge in [-0.25, -0.2) is 0 Å². The first kappa shape index (κ1) is 122. The Balaban J connectivity index is 0.000000520. The first-order chi connectivity index (χ1) is 56.1. The standard InChI is InChI=1S/C20H32O3.C19H30O3.C19H32O2.C18H30O3.C18H30O2.C10H20O2.10CH4/c1-5-20(3,4)19(21)23-11(2)22-16-10-14-9-15(16)18-13-7-6-12(8-13)17(14)18;1-4-10(2)19(20)22-11(3)21-16-9-14-8-15(16)18-13-6-5-12(7-13)17(14)18;1-6-18(4,5)17(20)21-19(12(2)3)15-8-13-7-14(10-15)11-16(19)9-13;1-5-18(3,4)17(19)21-11(2)20-16-14-7-12-6-13(9-14)10-15(16)8-12;1-5-12(4)17(19)20-18(11(2)3)15-7-13-6-14(9-15)10-16(18)8-13;1-6-8(3)9(11)12-10(4,5)7-2;;;;;;;;;;/h11-18H,5-10H2,1-4H3;10-18H,4-9H2,1-3H3;12-16H,6-11H2,1-5H3;11-16H,5-10H2,1-4H3;11-16H,5-10H2,1-4H3;8H,6-7H2,1-5H3;10*1H4. The van der Waals surface area contributed by atoms with Crippen LogP contribution in [-0.4, -0.2) is 89.8 Å². The van der Waals surface area contributed by atoms with Gasteiger partial charge in [0.05, 0.1) is 52.3 Å². The summed E-state index contributed by atoms with van der Waals surface area (Å²) >= 11 is 0. The Kier molecular flexibility index (Phi) is 46.6. The zero-order valence-corrected chi connectivity index (χ0v) is 80.0. The van der Waals surface area contributed by atoms with Crippen molar-refractivity contribution >= 4 is 35.8 Å². The van der Waals surface area contributed by atoms with Gasteiger partial charge in [-0.15, -0.1) is 0 Å². The minimum absolute atomic E-state index is 0. The van der Waals surface area contributed by atoms with Crippen LogP contribution in [0, 0.1) is 188 Å². The predicted molar refractivity (Wildman–Crippen MR) is 536 cm³/mol. The van der Waals surface area contributed by atoms with Crippen molar-refractivity contribution < 1.29 is 71.4 Å². The molecule has 0 radical (unpaired) electrons. The number of carbonyl (C=O) groups is 6. The molecule has 0 amide bonds. The highest BCUT2D eigenvalue weighted by atomic mass is 16.7. The molecule has 20 aliphatic carbocycles. The molecule has 0 N–H and O–H groups in total. The van der Waals surface area contributed by atoms with Crippen LogP contribution in [0.1, 0.15) is 453 Å². The molecular formula is C114H214O15. The van der Waals surface area contributed by atoms with Crippen molar-refractivity contribution in [3.63, 3.8) is 0 Å². The molecule has 20 saturated carbocycles. The molecule has 20 fully saturated rings. The monoisotopic (exact) mass is 1820 g/mol. The minimum Gasteiger partial charge on any atom is -0.459 e. The summed E-state index contributed by atoms with van der Waals surface area (Å²) in [6.45, 7) is 50.5. The van der Waals surface area contributed by atoms with Crippen molar-refractivity contribution in [3.8, 4) is 0 Å². The average Bonchev–Trinajstić information content (AvgIpc) is 1.71. The third-order valence-corrected chi connectivity index (χ3v) is 37.2. The fourth-order valence-corrected chi connectivity index (χ4v) is 29.4. The lowest BCUT2D eigenvalue weighted by atomic mass is 9.47. The Morgan fingerprint density at radius 3 is 0.915 bits per heavy atom. The Labute approximate surface area is 797 Å². The summed E-state index contributed by atoms with van der Waals surface area (Å²) in [5, 5.41) is 0. The van der Waals surface area contributed by atoms with E-state index in [1.54, 1.807) is 0 Å². The van der Waals surface area contributed by atoms with Crippen molar-refractivity contribution in [2.24, 2.45) is 188 Å². The van der Waals surface area contributed by atoms with E-state index in [2.05, 4.69) is 41.5 Å². The van der Waals surface area contributed by atoms with Crippen molar-refractivity contribution in [2.75, 3.05) is 0 Å². The highest BCUT2D eigenvalue weighted by molar-refractivity contribution is 5.77. The van der Waals surface area contributed by atoms with Crippen molar-refractivity contribution in [1.29, 1.82) is 0 Å². The number of carbonyl (C=O) groups excluding carboxylic acids is 6. The quantitative estimate of drug-likeness (QED) is 0.0327. The van der Waals surface area contributed by atoms with Crippen LogP contribution in [0.4, 0.5) is 0 Å². The zero-order valence-electron chi connectivity index (χ0n) is 80.0. The maximum absolute atomic E-state index is 12.8. The van der Waals surface area contributed by atoms with E-state index in [-0.39, 0.29) is 156 Å². The summed E-state index contributed by atoms with van der Waals surface area (Å²) < 4.78 is 53.2. The number of esters is 6. The number of hydrogen-bond donors (Lipinski definition) is 0. The smallest absolute Gasteiger partial charge is 0.313 e. The number of rotatable bonds is 27. The topological polar surface area (TPSA) is 185 Å². The van der Waals surface area contributed by atoms with Gasteiger partial charge in [-0.1, -0.05) is 171 Å². The zero-order chi connectivity index (χ0) is 86.7. The van der Waals surface area contributed by atoms with E-state index in [0.29, 0.717) is 65.7 Å². The van der Waals surface area contributed by atoms with Gasteiger partial charge in [0.2, 0.25) is 0 Å². The second-order valence-corrected chi connectivity index (χ2v) is 46.7. The second-order valence-electron chi connectivity index (χ2n) is 46.7. The van der Waals surface area contributed by atoms with Crippen molar-refractivity contribution in [3.05, 3.63) is 0 Å². The van der Waals surface area contributed by atoms with Gasteiger partial charge >= 0.3 is 35.8 Å². The van der Waals surface area contributed by atoms with Crippen molar-refractivity contribution in [1.82, 2.24) is 0 Å². The van der Waals surface area contributed by atoms with Crippen LogP contribution in [0.5, 0.6) is 0 Å². The molecule has 760 valence electrons. The molecule has 0 aromatic carbocycles. The molecule has 0 spiro atoms. The summed E-state index contributed by atoms with van der Waals surface area (Å²) in [7, 11) is 0. The van der Waals surface area contributed by atoms with Gasteiger partial charge in [0.25, 0.3) is 0 Å². The lowest BCUT2D eigenvalue weighted by Gasteiger charge is -2.62. The minimum atomic E-state index is -0.415. The Morgan fingerprint density at radius 1 is 0.295 bits per heavy atom. The molecule has 0 saturated heterocycles. The molecule has 0 aromatic rings. The maximum Gasteiger partial charge on any atom is 0.313 e. The van der Waals surface area contributed by atoms with Gasteiger partial charge in [-0.2, -0.15) is 0 Å². The number of hydrogen-bond acceptors (Lipinski definition) is 15. The Hall–Kier alpha value is -3.30. The van der Waals surface area contributed by atoms with E-state index in [1.165, 1.54) is 161 Å². The van der Waals surface area contributed by atoms with E-state index in [9.17, 15) is 28.8 Å². The summed E-state index contributed by atoms with van der Waals surface area (Å²) in [6.07, 6.45) is 39.7. The van der Waals surface area contributed by atoms with E-state index in [0.717, 1.165) is 151 Å². The fraction of sp³-hybridized carbons (Fsp3) is 0.947. The van der Waals surface area contributed by atoms with Gasteiger partial charge in [0, 0.05) is 0 Å². The molecule has 129 heavy (non-hydrogen) atoms. The maximum atomic E-state index is 12.8. The Bertz CT molecular complexity index is 3320. The second kappa shape index (κ2) is 49.3. The normalized spacial score (nSPS) is 37.5. The lowest BCUT2D eigenvalue weighted by molar-refractivity contribution is -0.231. The molecule has 0 aliphatic heterocycles. The first-order valence-electron chi connectivity index (χ1n) is 50.3. The molecule has 20 bridgehead atoms. The first-order valence-corrected chi connectivity index (χ1v) is 50.3.